The first-order chi connectivity index (χ1) is 14.2. The SMILES string of the molecule is CC[C@@H](C)NC(=O)c1ccccc1NC(=O)[C@H](CC)Oc1ccc(C(C)(C)C)cc1. The molecule has 0 unspecified atom stereocenters. The number of anilines is 1. The van der Waals surface area contributed by atoms with Crippen LogP contribution >= 0.6 is 0 Å². The highest BCUT2D eigenvalue weighted by Gasteiger charge is 2.22. The predicted molar refractivity (Wildman–Crippen MR) is 122 cm³/mol. The van der Waals surface area contributed by atoms with Gasteiger partial charge in [-0.05, 0) is 55.0 Å². The number of benzene rings is 2. The molecule has 0 spiro atoms. The summed E-state index contributed by atoms with van der Waals surface area (Å²) in [7, 11) is 0. The maximum atomic E-state index is 12.9. The van der Waals surface area contributed by atoms with E-state index in [1.54, 1.807) is 24.3 Å². The lowest BCUT2D eigenvalue weighted by Crippen LogP contribution is -2.35. The lowest BCUT2D eigenvalue weighted by atomic mass is 9.87. The van der Waals surface area contributed by atoms with Gasteiger partial charge in [-0.15, -0.1) is 0 Å². The maximum absolute atomic E-state index is 12.9. The van der Waals surface area contributed by atoms with Crippen molar-refractivity contribution in [2.45, 2.75) is 71.9 Å². The van der Waals surface area contributed by atoms with Crippen LogP contribution in [0.1, 0.15) is 70.3 Å². The molecular formula is C25H34N2O3. The van der Waals surface area contributed by atoms with E-state index in [0.29, 0.717) is 23.4 Å². The van der Waals surface area contributed by atoms with Crippen molar-refractivity contribution in [3.63, 3.8) is 0 Å². The molecule has 0 aliphatic carbocycles. The lowest BCUT2D eigenvalue weighted by Gasteiger charge is -2.21. The topological polar surface area (TPSA) is 67.4 Å². The molecule has 162 valence electrons. The van der Waals surface area contributed by atoms with Gasteiger partial charge in [-0.2, -0.15) is 0 Å². The van der Waals surface area contributed by atoms with E-state index >= 15 is 0 Å². The minimum absolute atomic E-state index is 0.0552. The standard InChI is InChI=1S/C25H34N2O3/c1-7-17(3)26-23(28)20-11-9-10-12-21(20)27-24(29)22(8-2)30-19-15-13-18(14-16-19)25(4,5)6/h9-17,22H,7-8H2,1-6H3,(H,26,28)(H,27,29)/t17-,22+/m1/s1. The maximum Gasteiger partial charge on any atom is 0.265 e. The largest absolute Gasteiger partial charge is 0.481 e. The molecule has 0 aromatic heterocycles. The van der Waals surface area contributed by atoms with Crippen molar-refractivity contribution in [1.82, 2.24) is 5.32 Å². The fraction of sp³-hybridized carbons (Fsp3) is 0.440. The number of rotatable bonds is 8. The molecule has 2 atom stereocenters. The first kappa shape index (κ1) is 23.5. The van der Waals surface area contributed by atoms with Gasteiger partial charge in [0.05, 0.1) is 11.3 Å². The van der Waals surface area contributed by atoms with Crippen LogP contribution < -0.4 is 15.4 Å². The van der Waals surface area contributed by atoms with Crippen LogP contribution in [0.25, 0.3) is 0 Å². The highest BCUT2D eigenvalue weighted by Crippen LogP contribution is 2.25. The summed E-state index contributed by atoms with van der Waals surface area (Å²) in [4.78, 5) is 25.4. The number of nitrogens with one attached hydrogen (secondary N) is 2. The lowest BCUT2D eigenvalue weighted by molar-refractivity contribution is -0.122. The molecule has 0 saturated carbocycles. The molecule has 2 aromatic carbocycles. The Morgan fingerprint density at radius 3 is 2.17 bits per heavy atom. The van der Waals surface area contributed by atoms with Gasteiger partial charge in [-0.1, -0.05) is 58.9 Å². The molecule has 0 bridgehead atoms. The van der Waals surface area contributed by atoms with Crippen molar-refractivity contribution in [2.24, 2.45) is 0 Å². The zero-order valence-electron chi connectivity index (χ0n) is 18.9. The van der Waals surface area contributed by atoms with E-state index in [0.717, 1.165) is 6.42 Å². The first-order valence-electron chi connectivity index (χ1n) is 10.6. The average molecular weight is 411 g/mol. The Kier molecular flexibility index (Phi) is 8.04. The monoisotopic (exact) mass is 410 g/mol. The summed E-state index contributed by atoms with van der Waals surface area (Å²) in [6.45, 7) is 12.3. The van der Waals surface area contributed by atoms with Crippen LogP contribution in [0.2, 0.25) is 0 Å². The molecule has 0 saturated heterocycles. The third-order valence-corrected chi connectivity index (χ3v) is 5.08. The Morgan fingerprint density at radius 1 is 0.967 bits per heavy atom. The fourth-order valence-corrected chi connectivity index (χ4v) is 2.93. The number of hydrogen-bond donors (Lipinski definition) is 2. The van der Waals surface area contributed by atoms with Gasteiger partial charge in [0.15, 0.2) is 6.10 Å². The minimum atomic E-state index is -0.656. The number of amides is 2. The Labute approximate surface area is 180 Å². The molecule has 5 nitrogen and oxygen atoms in total. The van der Waals surface area contributed by atoms with Crippen molar-refractivity contribution in [1.29, 1.82) is 0 Å². The molecular weight excluding hydrogens is 376 g/mol. The third kappa shape index (κ3) is 6.34. The van der Waals surface area contributed by atoms with E-state index in [2.05, 4.69) is 31.4 Å². The van der Waals surface area contributed by atoms with E-state index in [-0.39, 0.29) is 23.3 Å². The van der Waals surface area contributed by atoms with Gasteiger partial charge in [-0.3, -0.25) is 9.59 Å². The Morgan fingerprint density at radius 2 is 1.60 bits per heavy atom. The minimum Gasteiger partial charge on any atom is -0.481 e. The number of carbonyl (C=O) groups is 2. The van der Waals surface area contributed by atoms with Gasteiger partial charge in [0, 0.05) is 6.04 Å². The van der Waals surface area contributed by atoms with Gasteiger partial charge in [-0.25, -0.2) is 0 Å². The van der Waals surface area contributed by atoms with Gasteiger partial charge in [0.1, 0.15) is 5.75 Å². The average Bonchev–Trinajstić information content (AvgIpc) is 2.71. The number of ether oxygens (including phenoxy) is 1. The molecule has 2 amide bonds. The van der Waals surface area contributed by atoms with Crippen LogP contribution in [-0.2, 0) is 10.2 Å². The van der Waals surface area contributed by atoms with E-state index in [9.17, 15) is 9.59 Å². The summed E-state index contributed by atoms with van der Waals surface area (Å²) in [5.41, 5.74) is 2.18. The molecule has 30 heavy (non-hydrogen) atoms. The second-order valence-corrected chi connectivity index (χ2v) is 8.61. The van der Waals surface area contributed by atoms with E-state index in [4.69, 9.17) is 4.74 Å². The van der Waals surface area contributed by atoms with E-state index < -0.39 is 6.10 Å². The van der Waals surface area contributed by atoms with Crippen molar-refractivity contribution < 1.29 is 14.3 Å². The van der Waals surface area contributed by atoms with Crippen molar-refractivity contribution in [2.75, 3.05) is 5.32 Å². The normalized spacial score (nSPS) is 13.3. The van der Waals surface area contributed by atoms with Crippen LogP contribution in [0.5, 0.6) is 5.75 Å². The highest BCUT2D eigenvalue weighted by atomic mass is 16.5. The summed E-state index contributed by atoms with van der Waals surface area (Å²) in [6, 6.07) is 14.9. The van der Waals surface area contributed by atoms with Gasteiger partial charge < -0.3 is 15.4 Å². The quantitative estimate of drug-likeness (QED) is 0.620. The van der Waals surface area contributed by atoms with Gasteiger partial charge in [0.25, 0.3) is 11.8 Å². The predicted octanol–water partition coefficient (Wildman–Crippen LogP) is 5.31. The second-order valence-electron chi connectivity index (χ2n) is 8.61. The van der Waals surface area contributed by atoms with Crippen LogP contribution in [0.3, 0.4) is 0 Å². The summed E-state index contributed by atoms with van der Waals surface area (Å²) in [5, 5.41) is 5.80. The summed E-state index contributed by atoms with van der Waals surface area (Å²) in [5.74, 6) is 0.168. The number of carbonyl (C=O) groups excluding carboxylic acids is 2. The highest BCUT2D eigenvalue weighted by molar-refractivity contribution is 6.04. The van der Waals surface area contributed by atoms with Crippen LogP contribution in [0.15, 0.2) is 48.5 Å². The smallest absolute Gasteiger partial charge is 0.265 e. The molecule has 2 rings (SSSR count). The molecule has 2 N–H and O–H groups in total. The molecule has 2 aromatic rings. The molecule has 0 aliphatic heterocycles. The van der Waals surface area contributed by atoms with Gasteiger partial charge in [0.2, 0.25) is 0 Å². The zero-order chi connectivity index (χ0) is 22.3. The molecule has 0 fully saturated rings. The third-order valence-electron chi connectivity index (χ3n) is 5.08. The fourth-order valence-electron chi connectivity index (χ4n) is 2.93. The first-order valence-corrected chi connectivity index (χ1v) is 10.6. The van der Waals surface area contributed by atoms with Crippen molar-refractivity contribution in [3.8, 4) is 5.75 Å². The Balaban J connectivity index is 2.11. The van der Waals surface area contributed by atoms with E-state index in [1.807, 2.05) is 45.0 Å². The summed E-state index contributed by atoms with van der Waals surface area (Å²) < 4.78 is 5.94. The number of para-hydroxylation sites is 1. The van der Waals surface area contributed by atoms with Crippen molar-refractivity contribution >= 4 is 17.5 Å². The zero-order valence-corrected chi connectivity index (χ0v) is 18.9. The Hall–Kier alpha value is -2.82. The Bertz CT molecular complexity index is 853. The van der Waals surface area contributed by atoms with Gasteiger partial charge >= 0.3 is 0 Å². The second kappa shape index (κ2) is 10.3. The molecule has 0 radical (unpaired) electrons. The number of hydrogen-bond acceptors (Lipinski definition) is 3. The molecule has 5 heteroatoms. The van der Waals surface area contributed by atoms with Crippen molar-refractivity contribution in [3.05, 3.63) is 59.7 Å². The summed E-state index contributed by atoms with van der Waals surface area (Å²) >= 11 is 0. The molecule has 0 heterocycles. The van der Waals surface area contributed by atoms with Crippen LogP contribution in [-0.4, -0.2) is 24.0 Å². The van der Waals surface area contributed by atoms with E-state index in [1.165, 1.54) is 5.56 Å². The molecule has 0 aliphatic rings. The summed E-state index contributed by atoms with van der Waals surface area (Å²) in [6.07, 6.45) is 0.685. The van der Waals surface area contributed by atoms with Crippen LogP contribution in [0.4, 0.5) is 5.69 Å². The van der Waals surface area contributed by atoms with Crippen LogP contribution in [0, 0.1) is 0 Å².